The molecule has 0 aliphatic carbocycles. The molecule has 0 saturated heterocycles. The highest BCUT2D eigenvalue weighted by atomic mass is 127. The van der Waals surface area contributed by atoms with Crippen LogP contribution in [0.3, 0.4) is 0 Å². The number of aliphatic imine (C=N–C) groups is 1. The molecule has 0 amide bonds. The third kappa shape index (κ3) is 9.77. The Morgan fingerprint density at radius 3 is 2.10 bits per heavy atom. The zero-order chi connectivity index (χ0) is 14.8. The van der Waals surface area contributed by atoms with E-state index in [9.17, 15) is 0 Å². The summed E-state index contributed by atoms with van der Waals surface area (Å²) in [6.07, 6.45) is 0. The molecule has 122 valence electrons. The Kier molecular flexibility index (Phi) is 14.0. The van der Waals surface area contributed by atoms with Gasteiger partial charge in [-0.15, -0.1) is 24.0 Å². The predicted octanol–water partition coefficient (Wildman–Crippen LogP) is 1.92. The van der Waals surface area contributed by atoms with Gasteiger partial charge in [-0.05, 0) is 34.6 Å². The molecule has 0 saturated carbocycles. The van der Waals surface area contributed by atoms with Crippen molar-refractivity contribution in [3.63, 3.8) is 0 Å². The second-order valence-electron chi connectivity index (χ2n) is 5.43. The molecular weight excluding hydrogens is 367 g/mol. The SMILES string of the molecule is CN=C(NCCN(C(C)C)C(C)C)NC(C)COC.I. The molecule has 20 heavy (non-hydrogen) atoms. The van der Waals surface area contributed by atoms with Crippen LogP contribution in [0.15, 0.2) is 4.99 Å². The summed E-state index contributed by atoms with van der Waals surface area (Å²) in [6.45, 7) is 13.6. The summed E-state index contributed by atoms with van der Waals surface area (Å²) < 4.78 is 5.10. The number of nitrogens with one attached hydrogen (secondary N) is 2. The highest BCUT2D eigenvalue weighted by Crippen LogP contribution is 2.03. The third-order valence-electron chi connectivity index (χ3n) is 3.01. The molecule has 0 spiro atoms. The van der Waals surface area contributed by atoms with E-state index in [0.717, 1.165) is 19.0 Å². The molecule has 0 aromatic heterocycles. The Balaban J connectivity index is 0. The number of ether oxygens (including phenoxy) is 1. The first-order chi connectivity index (χ1) is 8.92. The number of methoxy groups -OCH3 is 1. The average Bonchev–Trinajstić information content (AvgIpc) is 2.32. The zero-order valence-electron chi connectivity index (χ0n) is 14.1. The quantitative estimate of drug-likeness (QED) is 0.371. The summed E-state index contributed by atoms with van der Waals surface area (Å²) in [5, 5.41) is 6.64. The number of halogens is 1. The summed E-state index contributed by atoms with van der Waals surface area (Å²) in [4.78, 5) is 6.67. The number of guanidine groups is 1. The van der Waals surface area contributed by atoms with Gasteiger partial charge in [0.1, 0.15) is 0 Å². The zero-order valence-corrected chi connectivity index (χ0v) is 16.4. The Hall–Kier alpha value is -0.0800. The fraction of sp³-hybridized carbons (Fsp3) is 0.929. The van der Waals surface area contributed by atoms with Crippen molar-refractivity contribution in [1.29, 1.82) is 0 Å². The van der Waals surface area contributed by atoms with Gasteiger partial charge in [-0.25, -0.2) is 0 Å². The van der Waals surface area contributed by atoms with E-state index < -0.39 is 0 Å². The van der Waals surface area contributed by atoms with Gasteiger partial charge in [-0.1, -0.05) is 0 Å². The molecule has 6 heteroatoms. The molecule has 0 aliphatic heterocycles. The third-order valence-corrected chi connectivity index (χ3v) is 3.01. The summed E-state index contributed by atoms with van der Waals surface area (Å²) in [6, 6.07) is 1.37. The van der Waals surface area contributed by atoms with Crippen LogP contribution in [0, 0.1) is 0 Å². The Bertz CT molecular complexity index is 252. The van der Waals surface area contributed by atoms with Crippen molar-refractivity contribution in [3.05, 3.63) is 0 Å². The van der Waals surface area contributed by atoms with Gasteiger partial charge in [0.2, 0.25) is 0 Å². The van der Waals surface area contributed by atoms with E-state index in [0.29, 0.717) is 18.7 Å². The van der Waals surface area contributed by atoms with Crippen LogP contribution in [0.1, 0.15) is 34.6 Å². The van der Waals surface area contributed by atoms with E-state index in [-0.39, 0.29) is 30.0 Å². The normalized spacial score (nSPS) is 13.6. The van der Waals surface area contributed by atoms with E-state index in [1.165, 1.54) is 0 Å². The van der Waals surface area contributed by atoms with Crippen LogP contribution in [0.4, 0.5) is 0 Å². The number of nitrogens with zero attached hydrogens (tertiary/aromatic N) is 2. The van der Waals surface area contributed by atoms with Crippen molar-refractivity contribution in [1.82, 2.24) is 15.5 Å². The molecule has 1 unspecified atom stereocenters. The van der Waals surface area contributed by atoms with Crippen molar-refractivity contribution in [2.75, 3.05) is 33.9 Å². The maximum Gasteiger partial charge on any atom is 0.191 e. The molecule has 2 N–H and O–H groups in total. The Morgan fingerprint density at radius 2 is 1.70 bits per heavy atom. The van der Waals surface area contributed by atoms with Crippen LogP contribution >= 0.6 is 24.0 Å². The predicted molar refractivity (Wildman–Crippen MR) is 98.2 cm³/mol. The topological polar surface area (TPSA) is 48.9 Å². The highest BCUT2D eigenvalue weighted by molar-refractivity contribution is 14.0. The van der Waals surface area contributed by atoms with Crippen molar-refractivity contribution in [2.24, 2.45) is 4.99 Å². The van der Waals surface area contributed by atoms with Gasteiger partial charge < -0.3 is 15.4 Å². The van der Waals surface area contributed by atoms with Gasteiger partial charge in [0.25, 0.3) is 0 Å². The molecule has 0 heterocycles. The Labute approximate surface area is 141 Å². The smallest absolute Gasteiger partial charge is 0.191 e. The van der Waals surface area contributed by atoms with Crippen LogP contribution in [0.25, 0.3) is 0 Å². The number of hydrogen-bond donors (Lipinski definition) is 2. The summed E-state index contributed by atoms with van der Waals surface area (Å²) in [5.41, 5.74) is 0. The molecule has 0 aromatic rings. The Morgan fingerprint density at radius 1 is 1.15 bits per heavy atom. The van der Waals surface area contributed by atoms with Crippen molar-refractivity contribution >= 4 is 29.9 Å². The molecule has 0 aliphatic rings. The molecule has 0 aromatic carbocycles. The number of rotatable bonds is 8. The van der Waals surface area contributed by atoms with Crippen molar-refractivity contribution < 1.29 is 4.74 Å². The fourth-order valence-electron chi connectivity index (χ4n) is 2.14. The minimum Gasteiger partial charge on any atom is -0.383 e. The van der Waals surface area contributed by atoms with Crippen LogP contribution < -0.4 is 10.6 Å². The average molecular weight is 400 g/mol. The summed E-state index contributed by atoms with van der Waals surface area (Å²) >= 11 is 0. The van der Waals surface area contributed by atoms with E-state index in [4.69, 9.17) is 4.74 Å². The molecule has 1 atom stereocenters. The fourth-order valence-corrected chi connectivity index (χ4v) is 2.14. The van der Waals surface area contributed by atoms with Gasteiger partial charge in [-0.3, -0.25) is 9.89 Å². The van der Waals surface area contributed by atoms with E-state index in [2.05, 4.69) is 55.1 Å². The van der Waals surface area contributed by atoms with Crippen LogP contribution in [-0.4, -0.2) is 62.8 Å². The molecule has 0 bridgehead atoms. The first kappa shape index (κ1) is 22.2. The lowest BCUT2D eigenvalue weighted by Crippen LogP contribution is -2.47. The standard InChI is InChI=1S/C14H32N4O.HI/c1-11(2)18(12(3)4)9-8-16-14(15-6)17-13(5)10-19-7;/h11-13H,8-10H2,1-7H3,(H2,15,16,17);1H. The first-order valence-electron chi connectivity index (χ1n) is 7.14. The minimum atomic E-state index is 0. The second kappa shape index (κ2) is 12.6. The number of hydrogen-bond acceptors (Lipinski definition) is 3. The maximum absolute atomic E-state index is 5.10. The van der Waals surface area contributed by atoms with Crippen LogP contribution in [0.5, 0.6) is 0 Å². The molecule has 0 fully saturated rings. The first-order valence-corrected chi connectivity index (χ1v) is 7.14. The monoisotopic (exact) mass is 400 g/mol. The lowest BCUT2D eigenvalue weighted by Gasteiger charge is -2.30. The van der Waals surface area contributed by atoms with Gasteiger partial charge >= 0.3 is 0 Å². The molecule has 0 radical (unpaired) electrons. The molecule has 0 rings (SSSR count). The van der Waals surface area contributed by atoms with Gasteiger partial charge in [0.15, 0.2) is 5.96 Å². The van der Waals surface area contributed by atoms with Crippen LogP contribution in [0.2, 0.25) is 0 Å². The van der Waals surface area contributed by atoms with Gasteiger partial charge in [-0.2, -0.15) is 0 Å². The van der Waals surface area contributed by atoms with Crippen molar-refractivity contribution in [3.8, 4) is 0 Å². The molecule has 5 nitrogen and oxygen atoms in total. The summed E-state index contributed by atoms with van der Waals surface area (Å²) in [5.74, 6) is 0.831. The largest absolute Gasteiger partial charge is 0.383 e. The van der Waals surface area contributed by atoms with Crippen LogP contribution in [-0.2, 0) is 4.74 Å². The highest BCUT2D eigenvalue weighted by Gasteiger charge is 2.12. The van der Waals surface area contributed by atoms with Gasteiger partial charge in [0.05, 0.1) is 6.61 Å². The summed E-state index contributed by atoms with van der Waals surface area (Å²) in [7, 11) is 3.50. The minimum absolute atomic E-state index is 0. The van der Waals surface area contributed by atoms with Gasteiger partial charge in [0, 0.05) is 45.4 Å². The van der Waals surface area contributed by atoms with Crippen molar-refractivity contribution in [2.45, 2.75) is 52.7 Å². The lowest BCUT2D eigenvalue weighted by atomic mass is 10.2. The molecular formula is C14H33IN4O. The maximum atomic E-state index is 5.10. The lowest BCUT2D eigenvalue weighted by molar-refractivity contribution is 0.175. The van der Waals surface area contributed by atoms with E-state index in [1.807, 2.05) is 0 Å². The second-order valence-corrected chi connectivity index (χ2v) is 5.43. The van der Waals surface area contributed by atoms with E-state index >= 15 is 0 Å². The van der Waals surface area contributed by atoms with E-state index in [1.54, 1.807) is 14.2 Å².